The van der Waals surface area contributed by atoms with E-state index in [4.69, 9.17) is 0 Å². The number of aliphatic hydroxyl groups excluding tert-OH is 1. The summed E-state index contributed by atoms with van der Waals surface area (Å²) in [5.41, 5.74) is -0.0495. The SMILES string of the molecule is O=C(C1CCCCn2nnnc21)N1CCC(CO)(CN2CCCC2)CC1. The molecular formula is C18H30N6O2. The van der Waals surface area contributed by atoms with Gasteiger partial charge in [-0.05, 0) is 62.0 Å². The molecule has 0 bridgehead atoms. The summed E-state index contributed by atoms with van der Waals surface area (Å²) in [7, 11) is 0. The van der Waals surface area contributed by atoms with Crippen LogP contribution in [0, 0.1) is 5.41 Å². The van der Waals surface area contributed by atoms with Crippen LogP contribution < -0.4 is 0 Å². The topological polar surface area (TPSA) is 87.4 Å². The Kier molecular flexibility index (Phi) is 5.22. The second kappa shape index (κ2) is 7.60. The number of nitrogens with zero attached hydrogens (tertiary/aromatic N) is 6. The maximum absolute atomic E-state index is 13.2. The fourth-order valence-corrected chi connectivity index (χ4v) is 4.80. The summed E-state index contributed by atoms with van der Waals surface area (Å²) in [6.07, 6.45) is 7.16. The minimum atomic E-state index is -0.215. The third-order valence-electron chi connectivity index (χ3n) is 6.51. The second-order valence-electron chi connectivity index (χ2n) is 8.28. The molecule has 2 saturated heterocycles. The molecule has 1 N–H and O–H groups in total. The summed E-state index contributed by atoms with van der Waals surface area (Å²) < 4.78 is 1.80. The molecule has 0 saturated carbocycles. The Morgan fingerprint density at radius 3 is 2.54 bits per heavy atom. The van der Waals surface area contributed by atoms with E-state index in [2.05, 4.69) is 20.4 Å². The third-order valence-corrected chi connectivity index (χ3v) is 6.51. The summed E-state index contributed by atoms with van der Waals surface area (Å²) in [5.74, 6) is 0.673. The fraction of sp³-hybridized carbons (Fsp3) is 0.889. The second-order valence-corrected chi connectivity index (χ2v) is 8.28. The predicted octanol–water partition coefficient (Wildman–Crippen LogP) is 0.638. The first-order valence-electron chi connectivity index (χ1n) is 10.1. The molecule has 1 unspecified atom stereocenters. The Morgan fingerprint density at radius 2 is 1.81 bits per heavy atom. The number of amides is 1. The molecule has 1 atom stereocenters. The molecule has 26 heavy (non-hydrogen) atoms. The maximum Gasteiger partial charge on any atom is 0.233 e. The molecule has 3 aliphatic heterocycles. The van der Waals surface area contributed by atoms with Gasteiger partial charge in [-0.2, -0.15) is 0 Å². The van der Waals surface area contributed by atoms with Crippen LogP contribution in [0.2, 0.25) is 0 Å². The van der Waals surface area contributed by atoms with Gasteiger partial charge in [0.1, 0.15) is 0 Å². The Labute approximate surface area is 154 Å². The number of piperidine rings is 1. The highest BCUT2D eigenvalue weighted by molar-refractivity contribution is 5.83. The average molecular weight is 362 g/mol. The van der Waals surface area contributed by atoms with Gasteiger partial charge in [-0.3, -0.25) is 4.79 Å². The largest absolute Gasteiger partial charge is 0.396 e. The molecule has 4 rings (SSSR count). The van der Waals surface area contributed by atoms with Crippen LogP contribution in [-0.4, -0.2) is 80.4 Å². The number of aliphatic hydroxyl groups is 1. The number of tetrazole rings is 1. The van der Waals surface area contributed by atoms with Crippen LogP contribution in [0.4, 0.5) is 0 Å². The van der Waals surface area contributed by atoms with Crippen LogP contribution in [0.1, 0.15) is 56.7 Å². The van der Waals surface area contributed by atoms with Crippen LogP contribution in [0.5, 0.6) is 0 Å². The molecule has 1 aromatic rings. The van der Waals surface area contributed by atoms with Crippen molar-refractivity contribution in [3.8, 4) is 0 Å². The number of aryl methyl sites for hydroxylation is 1. The van der Waals surface area contributed by atoms with Gasteiger partial charge in [-0.1, -0.05) is 6.42 Å². The summed E-state index contributed by atoms with van der Waals surface area (Å²) in [6.45, 7) is 5.73. The molecule has 0 radical (unpaired) electrons. The van der Waals surface area contributed by atoms with Crippen molar-refractivity contribution >= 4 is 5.91 Å². The van der Waals surface area contributed by atoms with Gasteiger partial charge >= 0.3 is 0 Å². The molecule has 8 nitrogen and oxygen atoms in total. The Morgan fingerprint density at radius 1 is 1.08 bits per heavy atom. The smallest absolute Gasteiger partial charge is 0.233 e. The first kappa shape index (κ1) is 17.9. The predicted molar refractivity (Wildman–Crippen MR) is 95.4 cm³/mol. The fourth-order valence-electron chi connectivity index (χ4n) is 4.80. The lowest BCUT2D eigenvalue weighted by atomic mass is 9.78. The Bertz CT molecular complexity index is 619. The van der Waals surface area contributed by atoms with Crippen LogP contribution in [0.25, 0.3) is 0 Å². The molecule has 4 heterocycles. The van der Waals surface area contributed by atoms with Gasteiger partial charge in [-0.15, -0.1) is 5.10 Å². The van der Waals surface area contributed by atoms with Crippen molar-refractivity contribution in [2.75, 3.05) is 39.3 Å². The van der Waals surface area contributed by atoms with Crippen molar-refractivity contribution in [1.82, 2.24) is 30.0 Å². The van der Waals surface area contributed by atoms with Crippen molar-refractivity contribution in [3.63, 3.8) is 0 Å². The maximum atomic E-state index is 13.2. The lowest BCUT2D eigenvalue weighted by Crippen LogP contribution is -2.50. The molecule has 8 heteroatoms. The van der Waals surface area contributed by atoms with E-state index in [1.54, 1.807) is 4.68 Å². The van der Waals surface area contributed by atoms with Crippen LogP contribution in [-0.2, 0) is 11.3 Å². The molecule has 0 spiro atoms. The minimum Gasteiger partial charge on any atom is -0.396 e. The van der Waals surface area contributed by atoms with Crippen LogP contribution in [0.3, 0.4) is 0 Å². The van der Waals surface area contributed by atoms with E-state index in [9.17, 15) is 9.90 Å². The molecule has 144 valence electrons. The van der Waals surface area contributed by atoms with Gasteiger partial charge in [0.25, 0.3) is 0 Å². The van der Waals surface area contributed by atoms with Gasteiger partial charge in [0.2, 0.25) is 5.91 Å². The van der Waals surface area contributed by atoms with Crippen molar-refractivity contribution in [3.05, 3.63) is 5.82 Å². The summed E-state index contributed by atoms with van der Waals surface area (Å²) in [4.78, 5) is 17.6. The van der Waals surface area contributed by atoms with E-state index in [-0.39, 0.29) is 23.8 Å². The van der Waals surface area contributed by atoms with E-state index in [1.807, 2.05) is 4.90 Å². The Hall–Kier alpha value is -1.54. The van der Waals surface area contributed by atoms with E-state index in [0.29, 0.717) is 0 Å². The van der Waals surface area contributed by atoms with Crippen molar-refractivity contribution in [2.45, 2.75) is 57.4 Å². The molecular weight excluding hydrogens is 332 g/mol. The van der Waals surface area contributed by atoms with Gasteiger partial charge in [0.15, 0.2) is 5.82 Å². The highest BCUT2D eigenvalue weighted by atomic mass is 16.3. The van der Waals surface area contributed by atoms with E-state index in [0.717, 1.165) is 77.2 Å². The number of fused-ring (bicyclic) bond motifs is 1. The summed E-state index contributed by atoms with van der Waals surface area (Å²) in [6, 6.07) is 0. The minimum absolute atomic E-state index is 0.0495. The molecule has 3 aliphatic rings. The summed E-state index contributed by atoms with van der Waals surface area (Å²) >= 11 is 0. The average Bonchev–Trinajstić information content (AvgIpc) is 3.30. The highest BCUT2D eigenvalue weighted by Crippen LogP contribution is 2.35. The van der Waals surface area contributed by atoms with Gasteiger partial charge in [-0.25, -0.2) is 4.68 Å². The number of likely N-dealkylation sites (tertiary alicyclic amines) is 2. The zero-order chi connectivity index (χ0) is 18.0. The number of hydrogen-bond acceptors (Lipinski definition) is 6. The highest BCUT2D eigenvalue weighted by Gasteiger charge is 2.40. The molecule has 0 aromatic carbocycles. The number of aromatic nitrogens is 4. The monoisotopic (exact) mass is 362 g/mol. The summed E-state index contributed by atoms with van der Waals surface area (Å²) in [5, 5.41) is 22.0. The lowest BCUT2D eigenvalue weighted by Gasteiger charge is -2.43. The number of rotatable bonds is 4. The van der Waals surface area contributed by atoms with Crippen LogP contribution >= 0.6 is 0 Å². The normalized spacial score (nSPS) is 26.5. The first-order chi connectivity index (χ1) is 12.7. The molecule has 1 amide bonds. The van der Waals surface area contributed by atoms with Crippen molar-refractivity contribution < 1.29 is 9.90 Å². The van der Waals surface area contributed by atoms with Crippen molar-refractivity contribution in [1.29, 1.82) is 0 Å². The number of carbonyl (C=O) groups excluding carboxylic acids is 1. The van der Waals surface area contributed by atoms with Gasteiger partial charge < -0.3 is 14.9 Å². The quantitative estimate of drug-likeness (QED) is 0.846. The number of hydrogen-bond donors (Lipinski definition) is 1. The third kappa shape index (κ3) is 3.49. The van der Waals surface area contributed by atoms with Crippen LogP contribution in [0.15, 0.2) is 0 Å². The van der Waals surface area contributed by atoms with E-state index < -0.39 is 0 Å². The standard InChI is InChI=1S/C18H30N6O2/c25-14-18(13-22-8-3-4-9-22)6-11-23(12-7-18)17(26)15-5-1-2-10-24-16(15)19-20-21-24/h15,25H,1-14H2. The van der Waals surface area contributed by atoms with Gasteiger partial charge in [0.05, 0.1) is 12.5 Å². The molecule has 0 aliphatic carbocycles. The lowest BCUT2D eigenvalue weighted by molar-refractivity contribution is -0.136. The Balaban J connectivity index is 1.40. The first-order valence-corrected chi connectivity index (χ1v) is 10.1. The molecule has 2 fully saturated rings. The zero-order valence-electron chi connectivity index (χ0n) is 15.5. The number of carbonyl (C=O) groups is 1. The van der Waals surface area contributed by atoms with E-state index in [1.165, 1.54) is 12.8 Å². The van der Waals surface area contributed by atoms with Gasteiger partial charge in [0, 0.05) is 31.6 Å². The molecule has 1 aromatic heterocycles. The van der Waals surface area contributed by atoms with E-state index >= 15 is 0 Å². The van der Waals surface area contributed by atoms with Crippen molar-refractivity contribution in [2.24, 2.45) is 5.41 Å². The zero-order valence-corrected chi connectivity index (χ0v) is 15.5.